The summed E-state index contributed by atoms with van der Waals surface area (Å²) in [6, 6.07) is 10.3. The highest BCUT2D eigenvalue weighted by Crippen LogP contribution is 2.32. The van der Waals surface area contributed by atoms with Crippen LogP contribution in [0, 0.1) is 13.8 Å². The number of hydrogen-bond donors (Lipinski definition) is 1. The molecule has 3 heterocycles. The van der Waals surface area contributed by atoms with Crippen LogP contribution in [0.5, 0.6) is 0 Å². The zero-order valence-electron chi connectivity index (χ0n) is 16.3. The SMILES string of the molecule is Cc1cc(C)n(Cc2cccc(-c3noc(C(C)(C)C4=CCNC4)n3)c2)n1. The first kappa shape index (κ1) is 17.7. The summed E-state index contributed by atoms with van der Waals surface area (Å²) >= 11 is 0. The van der Waals surface area contributed by atoms with Crippen molar-refractivity contribution >= 4 is 0 Å². The van der Waals surface area contributed by atoms with Crippen LogP contribution in [0.2, 0.25) is 0 Å². The summed E-state index contributed by atoms with van der Waals surface area (Å²) in [6.07, 6.45) is 2.21. The van der Waals surface area contributed by atoms with E-state index >= 15 is 0 Å². The molecular formula is C21H25N5O. The predicted molar refractivity (Wildman–Crippen MR) is 105 cm³/mol. The molecule has 27 heavy (non-hydrogen) atoms. The Morgan fingerprint density at radius 3 is 2.78 bits per heavy atom. The minimum atomic E-state index is -0.268. The molecule has 1 aliphatic rings. The quantitative estimate of drug-likeness (QED) is 0.704. The van der Waals surface area contributed by atoms with Gasteiger partial charge in [0, 0.05) is 24.3 Å². The van der Waals surface area contributed by atoms with Crippen molar-refractivity contribution in [2.45, 2.75) is 39.7 Å². The molecule has 2 aromatic heterocycles. The number of nitrogens with zero attached hydrogens (tertiary/aromatic N) is 4. The number of nitrogens with one attached hydrogen (secondary N) is 1. The van der Waals surface area contributed by atoms with Crippen LogP contribution in [0.15, 0.2) is 46.5 Å². The van der Waals surface area contributed by atoms with Gasteiger partial charge >= 0.3 is 0 Å². The summed E-state index contributed by atoms with van der Waals surface area (Å²) in [5, 5.41) is 12.1. The largest absolute Gasteiger partial charge is 0.338 e. The minimum absolute atomic E-state index is 0.268. The van der Waals surface area contributed by atoms with E-state index in [0.29, 0.717) is 11.7 Å². The minimum Gasteiger partial charge on any atom is -0.338 e. The van der Waals surface area contributed by atoms with Gasteiger partial charge in [0.15, 0.2) is 0 Å². The summed E-state index contributed by atoms with van der Waals surface area (Å²) < 4.78 is 7.64. The van der Waals surface area contributed by atoms with Crippen molar-refractivity contribution < 1.29 is 4.52 Å². The molecule has 0 unspecified atom stereocenters. The van der Waals surface area contributed by atoms with Gasteiger partial charge in [-0.3, -0.25) is 4.68 Å². The highest BCUT2D eigenvalue weighted by molar-refractivity contribution is 5.55. The molecule has 0 aliphatic carbocycles. The lowest BCUT2D eigenvalue weighted by Crippen LogP contribution is -2.24. The van der Waals surface area contributed by atoms with Crippen LogP contribution in [0.25, 0.3) is 11.4 Å². The van der Waals surface area contributed by atoms with Gasteiger partial charge in [0.2, 0.25) is 11.7 Å². The second kappa shape index (κ2) is 6.78. The molecule has 1 aromatic carbocycles. The fraction of sp³-hybridized carbons (Fsp3) is 0.381. The third-order valence-electron chi connectivity index (χ3n) is 5.19. The number of benzene rings is 1. The number of aromatic nitrogens is 4. The van der Waals surface area contributed by atoms with Gasteiger partial charge in [0.1, 0.15) is 0 Å². The summed E-state index contributed by atoms with van der Waals surface area (Å²) in [5.41, 5.74) is 5.32. The Bertz CT molecular complexity index is 996. The maximum Gasteiger partial charge on any atom is 0.236 e. The van der Waals surface area contributed by atoms with Crippen LogP contribution < -0.4 is 5.32 Å². The van der Waals surface area contributed by atoms with E-state index in [1.165, 1.54) is 5.57 Å². The van der Waals surface area contributed by atoms with E-state index in [-0.39, 0.29) is 5.41 Å². The smallest absolute Gasteiger partial charge is 0.236 e. The van der Waals surface area contributed by atoms with Crippen molar-refractivity contribution in [2.24, 2.45) is 0 Å². The topological polar surface area (TPSA) is 68.8 Å². The Labute approximate surface area is 159 Å². The van der Waals surface area contributed by atoms with E-state index in [2.05, 4.69) is 60.6 Å². The fourth-order valence-corrected chi connectivity index (χ4v) is 3.50. The average Bonchev–Trinajstić information content (AvgIpc) is 3.37. The van der Waals surface area contributed by atoms with Gasteiger partial charge < -0.3 is 9.84 Å². The predicted octanol–water partition coefficient (Wildman–Crippen LogP) is 3.41. The molecule has 0 atom stereocenters. The lowest BCUT2D eigenvalue weighted by Gasteiger charge is -2.21. The molecule has 0 radical (unpaired) electrons. The molecule has 0 bridgehead atoms. The Balaban J connectivity index is 1.59. The number of rotatable bonds is 5. The van der Waals surface area contributed by atoms with E-state index in [4.69, 9.17) is 9.51 Å². The maximum atomic E-state index is 5.63. The normalized spacial score (nSPS) is 14.6. The molecule has 0 saturated heterocycles. The maximum absolute atomic E-state index is 5.63. The average molecular weight is 363 g/mol. The van der Waals surface area contributed by atoms with Crippen molar-refractivity contribution in [2.75, 3.05) is 13.1 Å². The van der Waals surface area contributed by atoms with Crippen molar-refractivity contribution in [1.29, 1.82) is 0 Å². The molecule has 0 fully saturated rings. The summed E-state index contributed by atoms with van der Waals surface area (Å²) in [4.78, 5) is 4.70. The molecule has 0 spiro atoms. The van der Waals surface area contributed by atoms with Crippen molar-refractivity contribution in [3.63, 3.8) is 0 Å². The van der Waals surface area contributed by atoms with Crippen LogP contribution in [0.3, 0.4) is 0 Å². The van der Waals surface area contributed by atoms with Crippen molar-refractivity contribution in [1.82, 2.24) is 25.2 Å². The van der Waals surface area contributed by atoms with Gasteiger partial charge in [0.25, 0.3) is 0 Å². The summed E-state index contributed by atoms with van der Waals surface area (Å²) in [7, 11) is 0. The Kier molecular flexibility index (Phi) is 4.44. The molecule has 3 aromatic rings. The molecular weight excluding hydrogens is 338 g/mol. The van der Waals surface area contributed by atoms with E-state index in [9.17, 15) is 0 Å². The number of hydrogen-bond acceptors (Lipinski definition) is 5. The highest BCUT2D eigenvalue weighted by Gasteiger charge is 2.33. The lowest BCUT2D eigenvalue weighted by molar-refractivity contribution is 0.329. The molecule has 6 nitrogen and oxygen atoms in total. The van der Waals surface area contributed by atoms with Gasteiger partial charge in [-0.15, -0.1) is 0 Å². The van der Waals surface area contributed by atoms with E-state index < -0.39 is 0 Å². The summed E-state index contributed by atoms with van der Waals surface area (Å²) in [6.45, 7) is 10.8. The van der Waals surface area contributed by atoms with Crippen LogP contribution in [-0.4, -0.2) is 33.0 Å². The fourth-order valence-electron chi connectivity index (χ4n) is 3.50. The van der Waals surface area contributed by atoms with Crippen molar-refractivity contribution in [3.05, 3.63) is 64.8 Å². The first-order valence-corrected chi connectivity index (χ1v) is 9.28. The van der Waals surface area contributed by atoms with Gasteiger partial charge in [-0.1, -0.05) is 29.4 Å². The third-order valence-corrected chi connectivity index (χ3v) is 5.19. The monoisotopic (exact) mass is 363 g/mol. The van der Waals surface area contributed by atoms with E-state index in [1.807, 2.05) is 23.7 Å². The number of aryl methyl sites for hydroxylation is 2. The zero-order chi connectivity index (χ0) is 19.0. The molecule has 6 heteroatoms. The zero-order valence-corrected chi connectivity index (χ0v) is 16.3. The second-order valence-corrected chi connectivity index (χ2v) is 7.69. The van der Waals surface area contributed by atoms with Gasteiger partial charge in [-0.25, -0.2) is 0 Å². The Morgan fingerprint density at radius 1 is 1.22 bits per heavy atom. The molecule has 0 saturated carbocycles. The molecule has 140 valence electrons. The molecule has 1 N–H and O–H groups in total. The van der Waals surface area contributed by atoms with E-state index in [1.54, 1.807) is 0 Å². The second-order valence-electron chi connectivity index (χ2n) is 7.69. The first-order chi connectivity index (χ1) is 12.9. The Hall–Kier alpha value is -2.73. The molecule has 1 aliphatic heterocycles. The highest BCUT2D eigenvalue weighted by atomic mass is 16.5. The van der Waals surface area contributed by atoms with Gasteiger partial charge in [0.05, 0.1) is 17.7 Å². The first-order valence-electron chi connectivity index (χ1n) is 9.28. The van der Waals surface area contributed by atoms with Crippen LogP contribution >= 0.6 is 0 Å². The van der Waals surface area contributed by atoms with Crippen LogP contribution in [-0.2, 0) is 12.0 Å². The Morgan fingerprint density at radius 2 is 2.07 bits per heavy atom. The lowest BCUT2D eigenvalue weighted by atomic mass is 9.84. The molecule has 4 rings (SSSR count). The van der Waals surface area contributed by atoms with Crippen LogP contribution in [0.4, 0.5) is 0 Å². The standard InChI is InChI=1S/C21H25N5O/c1-14-10-15(2)26(24-14)13-16-6-5-7-17(11-16)19-23-20(27-25-19)21(3,4)18-8-9-22-12-18/h5-8,10-11,22H,9,12-13H2,1-4H3. The summed E-state index contributed by atoms with van der Waals surface area (Å²) in [5.74, 6) is 1.27. The third kappa shape index (κ3) is 3.45. The van der Waals surface area contributed by atoms with Crippen LogP contribution in [0.1, 0.15) is 36.7 Å². The van der Waals surface area contributed by atoms with Gasteiger partial charge in [-0.05, 0) is 51.0 Å². The van der Waals surface area contributed by atoms with Crippen molar-refractivity contribution in [3.8, 4) is 11.4 Å². The van der Waals surface area contributed by atoms with Gasteiger partial charge in [-0.2, -0.15) is 10.1 Å². The molecule has 0 amide bonds. The van der Waals surface area contributed by atoms with E-state index in [0.717, 1.165) is 42.1 Å².